The lowest BCUT2D eigenvalue weighted by atomic mass is 10.2. The summed E-state index contributed by atoms with van der Waals surface area (Å²) in [6, 6.07) is 8.17. The van der Waals surface area contributed by atoms with Crippen LogP contribution >= 0.6 is 0 Å². The van der Waals surface area contributed by atoms with Gasteiger partial charge in [0.05, 0.1) is 25.5 Å². The second-order valence-electron chi connectivity index (χ2n) is 6.27. The van der Waals surface area contributed by atoms with Crippen molar-refractivity contribution in [2.45, 2.75) is 6.54 Å². The van der Waals surface area contributed by atoms with Crippen molar-refractivity contribution in [3.8, 4) is 0 Å². The standard InChI is InChI=1S/C19H27N5O2/c1-23(8-11-25-2)18-6-5-16(15-22-18)14-21-17-4-3-7-20-19(17)24-9-12-26-13-10-24/h3-7,15,21H,8-14H2,1-2H3. The number of morpholine rings is 1. The molecule has 0 spiro atoms. The summed E-state index contributed by atoms with van der Waals surface area (Å²) < 4.78 is 10.5. The molecule has 2 aromatic rings. The Morgan fingerprint density at radius 1 is 1.23 bits per heavy atom. The lowest BCUT2D eigenvalue weighted by Gasteiger charge is -2.29. The molecular formula is C19H27N5O2. The highest BCUT2D eigenvalue weighted by atomic mass is 16.5. The van der Waals surface area contributed by atoms with Gasteiger partial charge < -0.3 is 24.6 Å². The van der Waals surface area contributed by atoms with Crippen LogP contribution in [0.5, 0.6) is 0 Å². The van der Waals surface area contributed by atoms with E-state index in [-0.39, 0.29) is 0 Å². The van der Waals surface area contributed by atoms with Crippen LogP contribution in [0.1, 0.15) is 5.56 Å². The zero-order valence-corrected chi connectivity index (χ0v) is 15.5. The first-order valence-corrected chi connectivity index (χ1v) is 8.94. The van der Waals surface area contributed by atoms with Crippen LogP contribution in [0.3, 0.4) is 0 Å². The molecule has 1 aliphatic rings. The maximum atomic E-state index is 5.44. The molecule has 0 atom stereocenters. The van der Waals surface area contributed by atoms with Crippen LogP contribution in [-0.2, 0) is 16.0 Å². The fraction of sp³-hybridized carbons (Fsp3) is 0.474. The molecule has 1 aliphatic heterocycles. The summed E-state index contributed by atoms with van der Waals surface area (Å²) in [6.45, 7) is 5.45. The highest BCUT2D eigenvalue weighted by Crippen LogP contribution is 2.24. The molecule has 1 fully saturated rings. The number of methoxy groups -OCH3 is 1. The summed E-state index contributed by atoms with van der Waals surface area (Å²) in [6.07, 6.45) is 3.75. The van der Waals surface area contributed by atoms with Crippen molar-refractivity contribution in [2.24, 2.45) is 0 Å². The summed E-state index contributed by atoms with van der Waals surface area (Å²) in [7, 11) is 3.73. The van der Waals surface area contributed by atoms with E-state index in [4.69, 9.17) is 9.47 Å². The summed E-state index contributed by atoms with van der Waals surface area (Å²) in [4.78, 5) is 13.4. The smallest absolute Gasteiger partial charge is 0.152 e. The number of hydrogen-bond donors (Lipinski definition) is 1. The SMILES string of the molecule is COCCN(C)c1ccc(CNc2cccnc2N2CCOCC2)cn1. The Hall–Kier alpha value is -2.38. The van der Waals surface area contributed by atoms with E-state index in [1.54, 1.807) is 7.11 Å². The highest BCUT2D eigenvalue weighted by molar-refractivity contribution is 5.65. The third-order valence-corrected chi connectivity index (χ3v) is 4.41. The average Bonchev–Trinajstić information content (AvgIpc) is 2.71. The van der Waals surface area contributed by atoms with Gasteiger partial charge in [-0.05, 0) is 23.8 Å². The topological polar surface area (TPSA) is 62.8 Å². The second kappa shape index (κ2) is 9.35. The van der Waals surface area contributed by atoms with Crippen molar-refractivity contribution in [2.75, 3.05) is 68.7 Å². The van der Waals surface area contributed by atoms with Gasteiger partial charge >= 0.3 is 0 Å². The molecule has 7 nitrogen and oxygen atoms in total. The summed E-state index contributed by atoms with van der Waals surface area (Å²) in [5.74, 6) is 1.93. The van der Waals surface area contributed by atoms with Crippen LogP contribution in [0.2, 0.25) is 0 Å². The number of aromatic nitrogens is 2. The Labute approximate surface area is 155 Å². The quantitative estimate of drug-likeness (QED) is 0.775. The first-order chi connectivity index (χ1) is 12.8. The maximum absolute atomic E-state index is 5.44. The van der Waals surface area contributed by atoms with E-state index in [9.17, 15) is 0 Å². The Morgan fingerprint density at radius 2 is 2.08 bits per heavy atom. The Morgan fingerprint density at radius 3 is 2.81 bits per heavy atom. The highest BCUT2D eigenvalue weighted by Gasteiger charge is 2.15. The molecule has 2 aromatic heterocycles. The monoisotopic (exact) mass is 357 g/mol. The predicted octanol–water partition coefficient (Wildman–Crippen LogP) is 2.01. The predicted molar refractivity (Wildman–Crippen MR) is 104 cm³/mol. The number of likely N-dealkylation sites (N-methyl/N-ethyl adjacent to an activating group) is 1. The second-order valence-corrected chi connectivity index (χ2v) is 6.27. The molecule has 0 bridgehead atoms. The molecular weight excluding hydrogens is 330 g/mol. The van der Waals surface area contributed by atoms with E-state index >= 15 is 0 Å². The first-order valence-electron chi connectivity index (χ1n) is 8.94. The fourth-order valence-electron chi connectivity index (χ4n) is 2.85. The minimum atomic E-state index is 0.687. The van der Waals surface area contributed by atoms with E-state index in [2.05, 4.69) is 37.2 Å². The van der Waals surface area contributed by atoms with Crippen molar-refractivity contribution < 1.29 is 9.47 Å². The van der Waals surface area contributed by atoms with Crippen LogP contribution < -0.4 is 15.1 Å². The van der Waals surface area contributed by atoms with Gasteiger partial charge in [-0.15, -0.1) is 0 Å². The zero-order chi connectivity index (χ0) is 18.2. The van der Waals surface area contributed by atoms with Crippen LogP contribution in [-0.4, -0.2) is 63.6 Å². The van der Waals surface area contributed by atoms with Gasteiger partial charge in [0, 0.05) is 52.7 Å². The van der Waals surface area contributed by atoms with Crippen molar-refractivity contribution >= 4 is 17.3 Å². The fourth-order valence-corrected chi connectivity index (χ4v) is 2.85. The molecule has 1 saturated heterocycles. The molecule has 0 saturated carbocycles. The average molecular weight is 357 g/mol. The molecule has 0 unspecified atom stereocenters. The van der Waals surface area contributed by atoms with E-state index in [1.165, 1.54) is 0 Å². The summed E-state index contributed by atoms with van der Waals surface area (Å²) in [5, 5.41) is 3.49. The Bertz CT molecular complexity index is 674. The Kier molecular flexibility index (Phi) is 6.62. The zero-order valence-electron chi connectivity index (χ0n) is 15.5. The van der Waals surface area contributed by atoms with Gasteiger partial charge in [-0.25, -0.2) is 9.97 Å². The summed E-state index contributed by atoms with van der Waals surface area (Å²) in [5.41, 5.74) is 2.17. The van der Waals surface area contributed by atoms with Gasteiger partial charge in [-0.2, -0.15) is 0 Å². The molecule has 1 N–H and O–H groups in total. The molecule has 0 aromatic carbocycles. The minimum Gasteiger partial charge on any atom is -0.383 e. The van der Waals surface area contributed by atoms with Crippen molar-refractivity contribution in [3.63, 3.8) is 0 Å². The number of ether oxygens (including phenoxy) is 2. The van der Waals surface area contributed by atoms with Gasteiger partial charge in [0.15, 0.2) is 5.82 Å². The minimum absolute atomic E-state index is 0.687. The number of nitrogens with one attached hydrogen (secondary N) is 1. The molecule has 7 heteroatoms. The van der Waals surface area contributed by atoms with Crippen LogP contribution in [0, 0.1) is 0 Å². The molecule has 3 heterocycles. The van der Waals surface area contributed by atoms with Crippen LogP contribution in [0.15, 0.2) is 36.7 Å². The molecule has 140 valence electrons. The third-order valence-electron chi connectivity index (χ3n) is 4.41. The molecule has 0 amide bonds. The molecule has 26 heavy (non-hydrogen) atoms. The van der Waals surface area contributed by atoms with Gasteiger partial charge in [0.2, 0.25) is 0 Å². The van der Waals surface area contributed by atoms with Gasteiger partial charge in [-0.3, -0.25) is 0 Å². The van der Waals surface area contributed by atoms with E-state index in [0.29, 0.717) is 13.2 Å². The molecule has 0 radical (unpaired) electrons. The van der Waals surface area contributed by atoms with Gasteiger partial charge in [0.1, 0.15) is 5.82 Å². The summed E-state index contributed by atoms with van der Waals surface area (Å²) >= 11 is 0. The number of hydrogen-bond acceptors (Lipinski definition) is 7. The molecule has 3 rings (SSSR count). The van der Waals surface area contributed by atoms with Gasteiger partial charge in [0.25, 0.3) is 0 Å². The van der Waals surface area contributed by atoms with Crippen molar-refractivity contribution in [1.82, 2.24) is 9.97 Å². The van der Waals surface area contributed by atoms with Gasteiger partial charge in [-0.1, -0.05) is 6.07 Å². The van der Waals surface area contributed by atoms with E-state index in [1.807, 2.05) is 31.6 Å². The lowest BCUT2D eigenvalue weighted by Crippen LogP contribution is -2.37. The Balaban J connectivity index is 1.60. The maximum Gasteiger partial charge on any atom is 0.152 e. The van der Waals surface area contributed by atoms with Crippen LogP contribution in [0.4, 0.5) is 17.3 Å². The van der Waals surface area contributed by atoms with E-state index < -0.39 is 0 Å². The number of pyridine rings is 2. The number of anilines is 3. The number of rotatable bonds is 8. The largest absolute Gasteiger partial charge is 0.383 e. The normalized spacial score (nSPS) is 14.3. The van der Waals surface area contributed by atoms with Crippen molar-refractivity contribution in [3.05, 3.63) is 42.2 Å². The van der Waals surface area contributed by atoms with E-state index in [0.717, 1.165) is 55.7 Å². The first kappa shape index (κ1) is 18.4. The third kappa shape index (κ3) is 4.83. The van der Waals surface area contributed by atoms with Crippen LogP contribution in [0.25, 0.3) is 0 Å². The number of nitrogens with zero attached hydrogens (tertiary/aromatic N) is 4. The lowest BCUT2D eigenvalue weighted by molar-refractivity contribution is 0.122. The van der Waals surface area contributed by atoms with Crippen molar-refractivity contribution in [1.29, 1.82) is 0 Å². The molecule has 0 aliphatic carbocycles.